The predicted octanol–water partition coefficient (Wildman–Crippen LogP) is 7.27. The van der Waals surface area contributed by atoms with Crippen LogP contribution in [0.3, 0.4) is 0 Å². The number of aromatic carboxylic acids is 1. The predicted molar refractivity (Wildman–Crippen MR) is 175 cm³/mol. The van der Waals surface area contributed by atoms with Gasteiger partial charge in [0.2, 0.25) is 0 Å². The largest absolute Gasteiger partial charge is 0.491 e. The van der Waals surface area contributed by atoms with Gasteiger partial charge in [-0.15, -0.1) is 11.3 Å². The Morgan fingerprint density at radius 2 is 1.78 bits per heavy atom. The summed E-state index contributed by atoms with van der Waals surface area (Å²) in [7, 11) is 0. The van der Waals surface area contributed by atoms with Crippen molar-refractivity contribution in [1.82, 2.24) is 19.5 Å². The van der Waals surface area contributed by atoms with Gasteiger partial charge in [0.15, 0.2) is 0 Å². The molecule has 0 saturated carbocycles. The van der Waals surface area contributed by atoms with Crippen LogP contribution in [0.15, 0.2) is 58.7 Å². The minimum Gasteiger partial charge on any atom is -0.491 e. The summed E-state index contributed by atoms with van der Waals surface area (Å²) in [4.78, 5) is 39.6. The number of halogens is 1. The van der Waals surface area contributed by atoms with Gasteiger partial charge < -0.3 is 9.84 Å². The third-order valence-corrected chi connectivity index (χ3v) is 8.83. The van der Waals surface area contributed by atoms with Gasteiger partial charge in [0.1, 0.15) is 29.8 Å². The second-order valence-electron chi connectivity index (χ2n) is 10.7. The summed E-state index contributed by atoms with van der Waals surface area (Å²) < 4.78 is 8.45. The molecule has 6 rings (SSSR count). The quantitative estimate of drug-likeness (QED) is 0.194. The maximum absolute atomic E-state index is 14.0. The van der Waals surface area contributed by atoms with Gasteiger partial charge in [0.25, 0.3) is 5.56 Å². The summed E-state index contributed by atoms with van der Waals surface area (Å²) in [5.41, 5.74) is 5.66. The molecule has 2 aromatic carbocycles. The van der Waals surface area contributed by atoms with Gasteiger partial charge in [-0.2, -0.15) is 5.26 Å². The number of fused-ring (bicyclic) bond motifs is 2. The van der Waals surface area contributed by atoms with E-state index in [1.807, 2.05) is 37.3 Å². The molecule has 0 saturated heterocycles. The van der Waals surface area contributed by atoms with Crippen LogP contribution in [-0.2, 0) is 6.54 Å². The van der Waals surface area contributed by atoms with Crippen LogP contribution in [0.25, 0.3) is 43.5 Å². The van der Waals surface area contributed by atoms with Gasteiger partial charge in [-0.05, 0) is 52.0 Å². The van der Waals surface area contributed by atoms with Gasteiger partial charge >= 0.3 is 5.97 Å². The standard InChI is InChI=1S/C34H26ClN5O4S/c1-17-5-7-21(8-6-17)30-25(15-36)28-29(19(3)38-30)39-20(4)40(33(28)41)11-12-44-27-10-9-22(35)14-23(27)24-13-18(2)37-31-26(34(42)43)16-45-32(24)31/h5-10,13-14,16H,11-12H2,1-4H3,(H,42,43). The van der Waals surface area contributed by atoms with Crippen molar-refractivity contribution >= 4 is 50.0 Å². The van der Waals surface area contributed by atoms with E-state index in [-0.39, 0.29) is 35.2 Å². The molecule has 0 unspecified atom stereocenters. The van der Waals surface area contributed by atoms with Crippen LogP contribution >= 0.6 is 22.9 Å². The first-order valence-corrected chi connectivity index (χ1v) is 15.3. The summed E-state index contributed by atoms with van der Waals surface area (Å²) in [6.07, 6.45) is 0. The number of hydrogen-bond acceptors (Lipinski definition) is 8. The highest BCUT2D eigenvalue weighted by Gasteiger charge is 2.21. The Morgan fingerprint density at radius 1 is 1.02 bits per heavy atom. The Morgan fingerprint density at radius 3 is 2.49 bits per heavy atom. The molecule has 9 nitrogen and oxygen atoms in total. The van der Waals surface area contributed by atoms with Crippen LogP contribution in [-0.4, -0.2) is 37.2 Å². The highest BCUT2D eigenvalue weighted by molar-refractivity contribution is 7.18. The molecule has 0 atom stereocenters. The number of nitrogens with zero attached hydrogens (tertiary/aromatic N) is 5. The third-order valence-electron chi connectivity index (χ3n) is 7.59. The first-order chi connectivity index (χ1) is 21.6. The van der Waals surface area contributed by atoms with E-state index in [1.165, 1.54) is 15.9 Å². The number of thiophene rings is 1. The van der Waals surface area contributed by atoms with Crippen molar-refractivity contribution in [1.29, 1.82) is 5.26 Å². The first kappa shape index (κ1) is 29.9. The summed E-state index contributed by atoms with van der Waals surface area (Å²) in [5.74, 6) is -0.0693. The molecule has 0 bridgehead atoms. The van der Waals surface area contributed by atoms with Crippen molar-refractivity contribution in [3.8, 4) is 34.2 Å². The van der Waals surface area contributed by atoms with Gasteiger partial charge in [0.05, 0.1) is 44.7 Å². The molecule has 0 aliphatic carbocycles. The van der Waals surface area contributed by atoms with E-state index in [9.17, 15) is 20.0 Å². The van der Waals surface area contributed by atoms with E-state index in [4.69, 9.17) is 16.3 Å². The second kappa shape index (κ2) is 11.8. The van der Waals surface area contributed by atoms with Crippen molar-refractivity contribution in [3.63, 3.8) is 0 Å². The van der Waals surface area contributed by atoms with E-state index in [1.54, 1.807) is 44.4 Å². The Labute approximate surface area is 267 Å². The number of carbonyl (C=O) groups is 1. The zero-order chi connectivity index (χ0) is 32.0. The summed E-state index contributed by atoms with van der Waals surface area (Å²) in [5, 5.41) is 22.1. The molecule has 45 heavy (non-hydrogen) atoms. The topological polar surface area (TPSA) is 131 Å². The van der Waals surface area contributed by atoms with E-state index in [0.29, 0.717) is 55.0 Å². The molecule has 0 fully saturated rings. The fourth-order valence-corrected chi connectivity index (χ4v) is 6.59. The van der Waals surface area contributed by atoms with E-state index >= 15 is 0 Å². The number of carboxylic acids is 1. The number of aryl methyl sites for hydroxylation is 4. The lowest BCUT2D eigenvalue weighted by Gasteiger charge is -2.16. The van der Waals surface area contributed by atoms with Crippen molar-refractivity contribution in [2.75, 3.05) is 6.61 Å². The lowest BCUT2D eigenvalue weighted by Crippen LogP contribution is -2.27. The lowest BCUT2D eigenvalue weighted by atomic mass is 10.0. The van der Waals surface area contributed by atoms with Gasteiger partial charge in [-0.1, -0.05) is 41.4 Å². The average molecular weight is 636 g/mol. The molecule has 4 aromatic heterocycles. The maximum atomic E-state index is 14.0. The van der Waals surface area contributed by atoms with Crippen molar-refractivity contribution in [3.05, 3.63) is 103 Å². The SMILES string of the molecule is Cc1ccc(-c2nc(C)c3nc(C)n(CCOc4ccc(Cl)cc4-c4cc(C)nc5c(C(=O)O)csc45)c(=O)c3c2C#N)cc1. The van der Waals surface area contributed by atoms with E-state index in [2.05, 4.69) is 21.0 Å². The number of rotatable bonds is 7. The van der Waals surface area contributed by atoms with Gasteiger partial charge in [-0.25, -0.2) is 14.8 Å². The van der Waals surface area contributed by atoms with Crippen molar-refractivity contribution in [2.24, 2.45) is 0 Å². The molecule has 0 aliphatic rings. The van der Waals surface area contributed by atoms with Crippen LogP contribution in [0.1, 0.15) is 38.7 Å². The Hall–Kier alpha value is -5.11. The summed E-state index contributed by atoms with van der Waals surface area (Å²) >= 11 is 7.69. The van der Waals surface area contributed by atoms with E-state index < -0.39 is 5.97 Å². The Kier molecular flexibility index (Phi) is 7.83. The highest BCUT2D eigenvalue weighted by atomic mass is 35.5. The molecule has 0 amide bonds. The number of carboxylic acid groups (broad SMARTS) is 1. The zero-order valence-electron chi connectivity index (χ0n) is 24.8. The minimum atomic E-state index is -1.05. The highest BCUT2D eigenvalue weighted by Crippen LogP contribution is 2.40. The molecular weight excluding hydrogens is 610 g/mol. The van der Waals surface area contributed by atoms with Gasteiger partial charge in [-0.3, -0.25) is 14.3 Å². The number of nitriles is 1. The lowest BCUT2D eigenvalue weighted by molar-refractivity contribution is 0.0699. The molecule has 6 aromatic rings. The maximum Gasteiger partial charge on any atom is 0.338 e. The van der Waals surface area contributed by atoms with Crippen LogP contribution in [0, 0.1) is 39.0 Å². The number of benzene rings is 2. The van der Waals surface area contributed by atoms with Crippen molar-refractivity contribution < 1.29 is 14.6 Å². The fourth-order valence-electron chi connectivity index (χ4n) is 5.41. The number of aromatic nitrogens is 4. The average Bonchev–Trinajstić information content (AvgIpc) is 3.44. The van der Waals surface area contributed by atoms with Crippen LogP contribution in [0.4, 0.5) is 0 Å². The Balaban J connectivity index is 1.38. The van der Waals surface area contributed by atoms with E-state index in [0.717, 1.165) is 16.7 Å². The fraction of sp³-hybridized carbons (Fsp3) is 0.176. The van der Waals surface area contributed by atoms with Crippen LogP contribution in [0.2, 0.25) is 5.02 Å². The van der Waals surface area contributed by atoms with Crippen molar-refractivity contribution in [2.45, 2.75) is 34.2 Å². The first-order valence-electron chi connectivity index (χ1n) is 14.0. The molecule has 0 radical (unpaired) electrons. The molecular formula is C34H26ClN5O4S. The van der Waals surface area contributed by atoms with Crippen LogP contribution in [0.5, 0.6) is 5.75 Å². The second-order valence-corrected chi connectivity index (χ2v) is 12.0. The van der Waals surface area contributed by atoms with Crippen LogP contribution < -0.4 is 10.3 Å². The summed E-state index contributed by atoms with van der Waals surface area (Å²) in [6, 6.07) is 16.9. The number of ether oxygens (including phenoxy) is 1. The molecule has 0 spiro atoms. The number of pyridine rings is 2. The minimum absolute atomic E-state index is 0.108. The summed E-state index contributed by atoms with van der Waals surface area (Å²) in [6.45, 7) is 7.57. The smallest absolute Gasteiger partial charge is 0.338 e. The van der Waals surface area contributed by atoms with Gasteiger partial charge in [0, 0.05) is 32.8 Å². The third kappa shape index (κ3) is 5.41. The molecule has 11 heteroatoms. The monoisotopic (exact) mass is 635 g/mol. The molecule has 1 N–H and O–H groups in total. The molecule has 224 valence electrons. The Bertz CT molecular complexity index is 2270. The molecule has 0 aliphatic heterocycles. The number of hydrogen-bond donors (Lipinski definition) is 1. The zero-order valence-corrected chi connectivity index (χ0v) is 26.4. The molecule has 4 heterocycles. The normalized spacial score (nSPS) is 11.2.